The molecule has 0 aliphatic carbocycles. The van der Waals surface area contributed by atoms with Crippen molar-refractivity contribution in [2.75, 3.05) is 20.3 Å². The molecule has 1 heterocycles. The molecule has 1 N–H and O–H groups in total. The molecule has 3 heteroatoms. The Hall–Kier alpha value is -1.06. The molecule has 0 unspecified atom stereocenters. The van der Waals surface area contributed by atoms with Gasteiger partial charge in [0.1, 0.15) is 5.75 Å². The Morgan fingerprint density at radius 1 is 1.50 bits per heavy atom. The lowest BCUT2D eigenvalue weighted by Gasteiger charge is -2.04. The van der Waals surface area contributed by atoms with E-state index in [1.54, 1.807) is 7.11 Å². The predicted molar refractivity (Wildman–Crippen MR) is 54.4 cm³/mol. The maximum Gasteiger partial charge on any atom is 0.122 e. The van der Waals surface area contributed by atoms with Crippen molar-refractivity contribution in [1.82, 2.24) is 5.48 Å². The van der Waals surface area contributed by atoms with Crippen LogP contribution < -0.4 is 10.2 Å². The smallest absolute Gasteiger partial charge is 0.122 e. The van der Waals surface area contributed by atoms with E-state index in [0.717, 1.165) is 31.7 Å². The number of fused-ring (bicyclic) bond motifs is 1. The third-order valence-electron chi connectivity index (χ3n) is 2.41. The number of hydrogen-bond acceptors (Lipinski definition) is 3. The molecule has 0 saturated heterocycles. The number of benzene rings is 1. The van der Waals surface area contributed by atoms with Crippen LogP contribution in [0.25, 0.3) is 0 Å². The summed E-state index contributed by atoms with van der Waals surface area (Å²) in [5, 5.41) is 0. The largest absolute Gasteiger partial charge is 0.493 e. The van der Waals surface area contributed by atoms with E-state index in [9.17, 15) is 0 Å². The molecule has 2 rings (SSSR count). The fourth-order valence-corrected chi connectivity index (χ4v) is 1.69. The van der Waals surface area contributed by atoms with Gasteiger partial charge in [0.15, 0.2) is 0 Å². The van der Waals surface area contributed by atoms with Gasteiger partial charge in [-0.2, -0.15) is 0 Å². The summed E-state index contributed by atoms with van der Waals surface area (Å²) in [7, 11) is 1.64. The second-order valence-corrected chi connectivity index (χ2v) is 3.39. The van der Waals surface area contributed by atoms with Crippen molar-refractivity contribution in [1.29, 1.82) is 0 Å². The topological polar surface area (TPSA) is 30.5 Å². The Morgan fingerprint density at radius 3 is 3.29 bits per heavy atom. The van der Waals surface area contributed by atoms with Gasteiger partial charge >= 0.3 is 0 Å². The van der Waals surface area contributed by atoms with E-state index < -0.39 is 0 Å². The molecule has 0 atom stereocenters. The summed E-state index contributed by atoms with van der Waals surface area (Å²) >= 11 is 0. The first kappa shape index (κ1) is 9.49. The second-order valence-electron chi connectivity index (χ2n) is 3.39. The van der Waals surface area contributed by atoms with Crippen LogP contribution in [0.3, 0.4) is 0 Å². The molecular formula is C11H15NO2. The number of ether oxygens (including phenoxy) is 1. The van der Waals surface area contributed by atoms with Gasteiger partial charge in [0.25, 0.3) is 0 Å². The van der Waals surface area contributed by atoms with Crippen molar-refractivity contribution in [3.05, 3.63) is 29.3 Å². The van der Waals surface area contributed by atoms with Gasteiger partial charge in [0, 0.05) is 13.0 Å². The van der Waals surface area contributed by atoms with Crippen molar-refractivity contribution in [2.45, 2.75) is 12.8 Å². The maximum absolute atomic E-state index is 5.44. The van der Waals surface area contributed by atoms with Crippen LogP contribution in [0.4, 0.5) is 0 Å². The molecule has 0 bridgehead atoms. The average Bonchev–Trinajstić information content (AvgIpc) is 2.65. The van der Waals surface area contributed by atoms with Crippen molar-refractivity contribution >= 4 is 0 Å². The third kappa shape index (κ3) is 2.05. The number of rotatable bonds is 4. The van der Waals surface area contributed by atoms with E-state index in [2.05, 4.69) is 23.7 Å². The number of hydroxylamine groups is 1. The highest BCUT2D eigenvalue weighted by Gasteiger charge is 2.11. The molecule has 0 fully saturated rings. The molecule has 1 aromatic rings. The summed E-state index contributed by atoms with van der Waals surface area (Å²) in [6.07, 6.45) is 2.03. The van der Waals surface area contributed by atoms with Crippen LogP contribution in [0.1, 0.15) is 11.1 Å². The van der Waals surface area contributed by atoms with Gasteiger partial charge in [-0.1, -0.05) is 12.1 Å². The van der Waals surface area contributed by atoms with Crippen molar-refractivity contribution in [3.63, 3.8) is 0 Å². The summed E-state index contributed by atoms with van der Waals surface area (Å²) < 4.78 is 5.44. The van der Waals surface area contributed by atoms with Gasteiger partial charge < -0.3 is 9.57 Å². The van der Waals surface area contributed by atoms with Crippen molar-refractivity contribution in [2.24, 2.45) is 0 Å². The fourth-order valence-electron chi connectivity index (χ4n) is 1.69. The normalized spacial score (nSPS) is 13.8. The highest BCUT2D eigenvalue weighted by atomic mass is 16.6. The van der Waals surface area contributed by atoms with Crippen LogP contribution in [0, 0.1) is 0 Å². The highest BCUT2D eigenvalue weighted by molar-refractivity contribution is 5.39. The fraction of sp³-hybridized carbons (Fsp3) is 0.455. The van der Waals surface area contributed by atoms with Crippen LogP contribution in [0.15, 0.2) is 18.2 Å². The second kappa shape index (κ2) is 4.44. The highest BCUT2D eigenvalue weighted by Crippen LogP contribution is 2.25. The van der Waals surface area contributed by atoms with E-state index >= 15 is 0 Å². The van der Waals surface area contributed by atoms with Gasteiger partial charge in [-0.3, -0.25) is 0 Å². The molecule has 0 spiro atoms. The quantitative estimate of drug-likeness (QED) is 0.578. The lowest BCUT2D eigenvalue weighted by Crippen LogP contribution is -2.15. The first-order chi connectivity index (χ1) is 6.90. The molecule has 3 nitrogen and oxygen atoms in total. The van der Waals surface area contributed by atoms with Crippen LogP contribution in [-0.2, 0) is 17.7 Å². The Balaban J connectivity index is 1.98. The Morgan fingerprint density at radius 2 is 2.43 bits per heavy atom. The van der Waals surface area contributed by atoms with Gasteiger partial charge in [-0.25, -0.2) is 5.48 Å². The molecule has 76 valence electrons. The molecule has 14 heavy (non-hydrogen) atoms. The summed E-state index contributed by atoms with van der Waals surface area (Å²) in [6.45, 7) is 1.67. The standard InChI is InChI=1S/C11H15NO2/c1-13-12-6-4-9-2-3-11-10(8-9)5-7-14-11/h2-3,8,12H,4-7H2,1H3. The zero-order valence-corrected chi connectivity index (χ0v) is 8.38. The molecule has 1 aromatic carbocycles. The zero-order valence-electron chi connectivity index (χ0n) is 8.38. The van der Waals surface area contributed by atoms with Crippen molar-refractivity contribution in [3.8, 4) is 5.75 Å². The Labute approximate surface area is 84.0 Å². The van der Waals surface area contributed by atoms with Crippen LogP contribution in [0.2, 0.25) is 0 Å². The van der Waals surface area contributed by atoms with E-state index in [4.69, 9.17) is 9.57 Å². The minimum atomic E-state index is 0.828. The zero-order chi connectivity index (χ0) is 9.80. The monoisotopic (exact) mass is 193 g/mol. The maximum atomic E-state index is 5.44. The lowest BCUT2D eigenvalue weighted by atomic mass is 10.1. The van der Waals surface area contributed by atoms with Gasteiger partial charge in [-0.15, -0.1) is 0 Å². The minimum absolute atomic E-state index is 0.828. The minimum Gasteiger partial charge on any atom is -0.493 e. The number of nitrogens with one attached hydrogen (secondary N) is 1. The third-order valence-corrected chi connectivity index (χ3v) is 2.41. The number of hydrogen-bond donors (Lipinski definition) is 1. The lowest BCUT2D eigenvalue weighted by molar-refractivity contribution is 0.0928. The van der Waals surface area contributed by atoms with E-state index in [1.807, 2.05) is 0 Å². The summed E-state index contributed by atoms with van der Waals surface area (Å²) in [6, 6.07) is 6.39. The molecular weight excluding hydrogens is 178 g/mol. The van der Waals surface area contributed by atoms with Gasteiger partial charge in [0.05, 0.1) is 13.7 Å². The summed E-state index contributed by atoms with van der Waals surface area (Å²) in [5.74, 6) is 1.05. The molecule has 1 aliphatic heterocycles. The molecule has 0 amide bonds. The van der Waals surface area contributed by atoms with Crippen LogP contribution in [-0.4, -0.2) is 20.3 Å². The van der Waals surface area contributed by atoms with Crippen LogP contribution in [0.5, 0.6) is 5.75 Å². The Kier molecular flexibility index (Phi) is 3.01. The van der Waals surface area contributed by atoms with E-state index in [-0.39, 0.29) is 0 Å². The average molecular weight is 193 g/mol. The first-order valence-electron chi connectivity index (χ1n) is 4.90. The Bertz CT molecular complexity index is 312. The first-order valence-corrected chi connectivity index (χ1v) is 4.90. The molecule has 0 aromatic heterocycles. The molecule has 0 saturated carbocycles. The van der Waals surface area contributed by atoms with Crippen LogP contribution >= 0.6 is 0 Å². The van der Waals surface area contributed by atoms with Gasteiger partial charge in [0.2, 0.25) is 0 Å². The summed E-state index contributed by atoms with van der Waals surface area (Å²) in [5.41, 5.74) is 5.50. The predicted octanol–water partition coefficient (Wildman–Crippen LogP) is 1.31. The van der Waals surface area contributed by atoms with Gasteiger partial charge in [-0.05, 0) is 23.6 Å². The van der Waals surface area contributed by atoms with E-state index in [0.29, 0.717) is 0 Å². The molecule has 1 aliphatic rings. The summed E-state index contributed by atoms with van der Waals surface area (Å²) in [4.78, 5) is 4.78. The van der Waals surface area contributed by atoms with Crippen molar-refractivity contribution < 1.29 is 9.57 Å². The molecule has 0 radical (unpaired) electrons. The SMILES string of the molecule is CONCCc1ccc2c(c1)CCO2. The van der Waals surface area contributed by atoms with E-state index in [1.165, 1.54) is 11.1 Å².